The molecule has 0 fully saturated rings. The lowest BCUT2D eigenvalue weighted by molar-refractivity contribution is 0.103. The zero-order valence-electron chi connectivity index (χ0n) is 12.8. The summed E-state index contributed by atoms with van der Waals surface area (Å²) in [4.78, 5) is 12.4. The zero-order chi connectivity index (χ0) is 18.4. The normalized spacial score (nSPS) is 11.6. The molecule has 0 amide bonds. The number of nitrogens with two attached hydrogens (primary N) is 2. The first-order chi connectivity index (χ1) is 11.7. The second kappa shape index (κ2) is 5.76. The van der Waals surface area contributed by atoms with Gasteiger partial charge in [-0.3, -0.25) is 9.35 Å². The summed E-state index contributed by atoms with van der Waals surface area (Å²) in [7, 11) is -4.40. The highest BCUT2D eigenvalue weighted by Gasteiger charge is 2.22. The predicted molar refractivity (Wildman–Crippen MR) is 94.1 cm³/mol. The minimum absolute atomic E-state index is 0.0364. The number of phenols is 1. The van der Waals surface area contributed by atoms with Gasteiger partial charge in [0.2, 0.25) is 5.78 Å². The van der Waals surface area contributed by atoms with E-state index in [1.165, 1.54) is 18.2 Å². The standard InChI is InChI=1S/C17H14N2O5S/c18-13-4-2-1-3-12(13)17(21)15-14(19)8-9-7-10(25(22,23)24)5-6-11(9)16(15)20/h1-8,20H,18-19H2,(H,22,23,24). The fraction of sp³-hybridized carbons (Fsp3) is 0. The lowest BCUT2D eigenvalue weighted by atomic mass is 9.96. The highest BCUT2D eigenvalue weighted by atomic mass is 32.2. The van der Waals surface area contributed by atoms with Gasteiger partial charge in [0.15, 0.2) is 0 Å². The van der Waals surface area contributed by atoms with Crippen molar-refractivity contribution in [3.63, 3.8) is 0 Å². The first kappa shape index (κ1) is 16.7. The summed E-state index contributed by atoms with van der Waals surface area (Å²) >= 11 is 0. The summed E-state index contributed by atoms with van der Waals surface area (Å²) < 4.78 is 31.6. The van der Waals surface area contributed by atoms with E-state index in [-0.39, 0.29) is 43.9 Å². The number of benzene rings is 3. The molecule has 0 spiro atoms. The average Bonchev–Trinajstić information content (AvgIpc) is 2.53. The number of para-hydroxylation sites is 1. The maximum absolute atomic E-state index is 12.7. The third-order valence-electron chi connectivity index (χ3n) is 3.84. The Bertz CT molecular complexity index is 1120. The Balaban J connectivity index is 2.24. The molecule has 0 aromatic heterocycles. The van der Waals surface area contributed by atoms with Gasteiger partial charge in [-0.15, -0.1) is 0 Å². The molecule has 0 atom stereocenters. The molecule has 0 radical (unpaired) electrons. The number of aromatic hydroxyl groups is 1. The van der Waals surface area contributed by atoms with Crippen LogP contribution in [0.5, 0.6) is 5.75 Å². The number of phenolic OH excluding ortho intramolecular Hbond substituents is 1. The van der Waals surface area contributed by atoms with Crippen molar-refractivity contribution in [1.82, 2.24) is 0 Å². The summed E-state index contributed by atoms with van der Waals surface area (Å²) in [6, 6.07) is 11.3. The van der Waals surface area contributed by atoms with Gasteiger partial charge in [-0.2, -0.15) is 8.42 Å². The molecule has 0 aliphatic carbocycles. The molecule has 6 N–H and O–H groups in total. The van der Waals surface area contributed by atoms with E-state index in [4.69, 9.17) is 16.0 Å². The smallest absolute Gasteiger partial charge is 0.294 e. The first-order valence-electron chi connectivity index (χ1n) is 7.12. The number of rotatable bonds is 3. The number of carbonyl (C=O) groups excluding carboxylic acids is 1. The van der Waals surface area contributed by atoms with Crippen LogP contribution in [-0.2, 0) is 10.1 Å². The molecule has 3 aromatic carbocycles. The number of ketones is 1. The lowest BCUT2D eigenvalue weighted by Gasteiger charge is -2.12. The molecule has 0 saturated carbocycles. The monoisotopic (exact) mass is 358 g/mol. The number of anilines is 2. The molecule has 0 aliphatic heterocycles. The largest absolute Gasteiger partial charge is 0.506 e. The van der Waals surface area contributed by atoms with Crippen molar-refractivity contribution in [2.45, 2.75) is 4.90 Å². The number of hydrogen-bond donors (Lipinski definition) is 4. The van der Waals surface area contributed by atoms with E-state index in [9.17, 15) is 18.3 Å². The maximum atomic E-state index is 12.7. The summed E-state index contributed by atoms with van der Waals surface area (Å²) in [5.74, 6) is -0.931. The molecule has 0 aliphatic rings. The number of carbonyl (C=O) groups is 1. The van der Waals surface area contributed by atoms with Gasteiger partial charge in [-0.05, 0) is 41.8 Å². The topological polar surface area (TPSA) is 144 Å². The van der Waals surface area contributed by atoms with Crippen LogP contribution in [0.2, 0.25) is 0 Å². The van der Waals surface area contributed by atoms with E-state index >= 15 is 0 Å². The summed E-state index contributed by atoms with van der Waals surface area (Å²) in [5.41, 5.74) is 12.0. The van der Waals surface area contributed by atoms with E-state index in [1.54, 1.807) is 18.2 Å². The first-order valence-corrected chi connectivity index (χ1v) is 8.56. The second-order valence-corrected chi connectivity index (χ2v) is 6.89. The Morgan fingerprint density at radius 2 is 1.64 bits per heavy atom. The Morgan fingerprint density at radius 1 is 0.960 bits per heavy atom. The van der Waals surface area contributed by atoms with Gasteiger partial charge >= 0.3 is 0 Å². The van der Waals surface area contributed by atoms with E-state index in [2.05, 4.69) is 0 Å². The van der Waals surface area contributed by atoms with Crippen LogP contribution >= 0.6 is 0 Å². The fourth-order valence-corrected chi connectivity index (χ4v) is 3.14. The van der Waals surface area contributed by atoms with Crippen molar-refractivity contribution >= 4 is 38.0 Å². The van der Waals surface area contributed by atoms with Crippen LogP contribution in [0.1, 0.15) is 15.9 Å². The van der Waals surface area contributed by atoms with Gasteiger partial charge in [0.05, 0.1) is 10.5 Å². The minimum Gasteiger partial charge on any atom is -0.506 e. The van der Waals surface area contributed by atoms with Gasteiger partial charge < -0.3 is 16.6 Å². The quantitative estimate of drug-likeness (QED) is 0.319. The molecule has 8 heteroatoms. The number of hydrogen-bond acceptors (Lipinski definition) is 6. The van der Waals surface area contributed by atoms with E-state index in [0.717, 1.165) is 12.1 Å². The van der Waals surface area contributed by atoms with Crippen LogP contribution in [0.3, 0.4) is 0 Å². The third-order valence-corrected chi connectivity index (χ3v) is 4.69. The molecule has 25 heavy (non-hydrogen) atoms. The highest BCUT2D eigenvalue weighted by Crippen LogP contribution is 2.36. The minimum atomic E-state index is -4.40. The number of nitrogen functional groups attached to an aromatic ring is 2. The Hall–Kier alpha value is -3.10. The predicted octanol–water partition coefficient (Wildman–Crippen LogP) is 2.19. The van der Waals surface area contributed by atoms with Crippen molar-refractivity contribution < 1.29 is 22.9 Å². The molecule has 0 unspecified atom stereocenters. The molecular weight excluding hydrogens is 344 g/mol. The molecule has 0 bridgehead atoms. The molecule has 3 rings (SSSR count). The summed E-state index contributed by atoms with van der Waals surface area (Å²) in [6.07, 6.45) is 0. The van der Waals surface area contributed by atoms with Crippen LogP contribution in [-0.4, -0.2) is 23.9 Å². The Kier molecular flexibility index (Phi) is 3.86. The second-order valence-electron chi connectivity index (χ2n) is 5.46. The van der Waals surface area contributed by atoms with Crippen molar-refractivity contribution in [3.8, 4) is 5.75 Å². The maximum Gasteiger partial charge on any atom is 0.294 e. The summed E-state index contributed by atoms with van der Waals surface area (Å²) in [6.45, 7) is 0. The molecule has 0 heterocycles. The van der Waals surface area contributed by atoms with Crippen molar-refractivity contribution in [3.05, 3.63) is 59.7 Å². The zero-order valence-corrected chi connectivity index (χ0v) is 13.6. The van der Waals surface area contributed by atoms with Gasteiger partial charge in [0.1, 0.15) is 5.75 Å². The fourth-order valence-electron chi connectivity index (χ4n) is 2.62. The summed E-state index contributed by atoms with van der Waals surface area (Å²) in [5, 5.41) is 11.0. The molecular formula is C17H14N2O5S. The van der Waals surface area contributed by atoms with Crippen molar-refractivity contribution in [2.24, 2.45) is 0 Å². The average molecular weight is 358 g/mol. The Morgan fingerprint density at radius 3 is 2.28 bits per heavy atom. The van der Waals surface area contributed by atoms with Gasteiger partial charge in [0.25, 0.3) is 10.1 Å². The molecule has 7 nitrogen and oxygen atoms in total. The van der Waals surface area contributed by atoms with Crippen LogP contribution in [0, 0.1) is 0 Å². The van der Waals surface area contributed by atoms with Gasteiger partial charge in [-0.1, -0.05) is 12.1 Å². The van der Waals surface area contributed by atoms with Gasteiger partial charge in [0, 0.05) is 22.3 Å². The molecule has 128 valence electrons. The van der Waals surface area contributed by atoms with Crippen molar-refractivity contribution in [2.75, 3.05) is 11.5 Å². The van der Waals surface area contributed by atoms with Crippen LogP contribution in [0.4, 0.5) is 11.4 Å². The lowest BCUT2D eigenvalue weighted by Crippen LogP contribution is -2.09. The Labute approximate surface area is 143 Å². The number of fused-ring (bicyclic) bond motifs is 1. The SMILES string of the molecule is Nc1ccccc1C(=O)c1c(N)cc2cc(S(=O)(=O)O)ccc2c1O. The molecule has 3 aromatic rings. The van der Waals surface area contributed by atoms with Crippen LogP contribution < -0.4 is 11.5 Å². The van der Waals surface area contributed by atoms with E-state index in [1.807, 2.05) is 0 Å². The van der Waals surface area contributed by atoms with E-state index < -0.39 is 15.9 Å². The highest BCUT2D eigenvalue weighted by molar-refractivity contribution is 7.85. The van der Waals surface area contributed by atoms with E-state index in [0.29, 0.717) is 0 Å². The third kappa shape index (κ3) is 2.88. The van der Waals surface area contributed by atoms with Gasteiger partial charge in [-0.25, -0.2) is 0 Å². The molecule has 0 saturated heterocycles. The van der Waals surface area contributed by atoms with Crippen molar-refractivity contribution in [1.29, 1.82) is 0 Å². The van der Waals surface area contributed by atoms with Crippen LogP contribution in [0.15, 0.2) is 53.4 Å². The van der Waals surface area contributed by atoms with Crippen LogP contribution in [0.25, 0.3) is 10.8 Å².